The number of carbonyl (C=O) groups is 2. The van der Waals surface area contributed by atoms with E-state index in [0.717, 1.165) is 5.69 Å². The summed E-state index contributed by atoms with van der Waals surface area (Å²) in [4.78, 5) is 30.5. The largest absolute Gasteiger partial charge is 0.339 e. The monoisotopic (exact) mass is 315 g/mol. The van der Waals surface area contributed by atoms with Crippen molar-refractivity contribution in [2.75, 3.05) is 31.1 Å². The van der Waals surface area contributed by atoms with Gasteiger partial charge in [-0.2, -0.15) is 0 Å². The second-order valence-corrected chi connectivity index (χ2v) is 5.51. The number of hydrogen-bond acceptors (Lipinski definition) is 3. The zero-order valence-electron chi connectivity index (χ0n) is 13.5. The lowest BCUT2D eigenvalue weighted by molar-refractivity contribution is -0.117. The van der Waals surface area contributed by atoms with Crippen molar-refractivity contribution in [2.24, 2.45) is 11.0 Å². The Kier molecular flexibility index (Phi) is 5.60. The standard InChI is InChI=1S/C16H21N5O2/c1-3-20(4-2)16(23)13-5-7-14(8-6-13)21-11-12(9-15(21)22)10-18-19-17/h5-8,12H,3-4,9-11H2,1-2H3. The van der Waals surface area contributed by atoms with Crippen molar-refractivity contribution in [2.45, 2.75) is 20.3 Å². The van der Waals surface area contributed by atoms with Crippen molar-refractivity contribution in [3.8, 4) is 0 Å². The molecule has 1 saturated heterocycles. The summed E-state index contributed by atoms with van der Waals surface area (Å²) in [7, 11) is 0. The number of benzene rings is 1. The topological polar surface area (TPSA) is 89.4 Å². The van der Waals surface area contributed by atoms with Crippen LogP contribution in [0, 0.1) is 5.92 Å². The Morgan fingerprint density at radius 3 is 2.57 bits per heavy atom. The molecule has 122 valence electrons. The highest BCUT2D eigenvalue weighted by atomic mass is 16.2. The molecule has 7 heteroatoms. The van der Waals surface area contributed by atoms with Crippen molar-refractivity contribution < 1.29 is 9.59 Å². The summed E-state index contributed by atoms with van der Waals surface area (Å²) in [6.45, 7) is 6.11. The maximum atomic E-state index is 12.3. The van der Waals surface area contributed by atoms with E-state index in [1.165, 1.54) is 0 Å². The molecule has 1 aromatic carbocycles. The van der Waals surface area contributed by atoms with Gasteiger partial charge in [0.15, 0.2) is 0 Å². The summed E-state index contributed by atoms with van der Waals surface area (Å²) in [5, 5.41) is 3.54. The third-order valence-corrected chi connectivity index (χ3v) is 4.08. The summed E-state index contributed by atoms with van der Waals surface area (Å²) in [6.07, 6.45) is 0.388. The molecule has 0 radical (unpaired) electrons. The van der Waals surface area contributed by atoms with Crippen molar-refractivity contribution >= 4 is 17.5 Å². The van der Waals surface area contributed by atoms with E-state index >= 15 is 0 Å². The van der Waals surface area contributed by atoms with E-state index in [-0.39, 0.29) is 17.7 Å². The van der Waals surface area contributed by atoms with Crippen molar-refractivity contribution in [1.82, 2.24) is 4.90 Å². The molecule has 1 aromatic rings. The third-order valence-electron chi connectivity index (χ3n) is 4.08. The zero-order chi connectivity index (χ0) is 16.8. The predicted molar refractivity (Wildman–Crippen MR) is 88.2 cm³/mol. The highest BCUT2D eigenvalue weighted by molar-refractivity contribution is 5.97. The minimum atomic E-state index is -0.00414. The van der Waals surface area contributed by atoms with Gasteiger partial charge in [0.2, 0.25) is 5.91 Å². The van der Waals surface area contributed by atoms with Crippen LogP contribution in [0.5, 0.6) is 0 Å². The molecule has 1 aliphatic rings. The number of carbonyl (C=O) groups excluding carboxylic acids is 2. The first-order chi connectivity index (χ1) is 11.1. The number of amides is 2. The highest BCUT2D eigenvalue weighted by Gasteiger charge is 2.30. The first-order valence-electron chi connectivity index (χ1n) is 7.81. The second kappa shape index (κ2) is 7.65. The van der Waals surface area contributed by atoms with Crippen LogP contribution >= 0.6 is 0 Å². The van der Waals surface area contributed by atoms with Gasteiger partial charge in [-0.1, -0.05) is 5.11 Å². The van der Waals surface area contributed by atoms with E-state index < -0.39 is 0 Å². The number of anilines is 1. The maximum Gasteiger partial charge on any atom is 0.253 e. The third kappa shape index (κ3) is 3.81. The van der Waals surface area contributed by atoms with Gasteiger partial charge in [-0.05, 0) is 49.6 Å². The van der Waals surface area contributed by atoms with Crippen LogP contribution < -0.4 is 4.90 Å². The van der Waals surface area contributed by atoms with Crippen LogP contribution in [0.2, 0.25) is 0 Å². The fourth-order valence-corrected chi connectivity index (χ4v) is 2.78. The van der Waals surface area contributed by atoms with E-state index in [1.807, 2.05) is 13.8 Å². The van der Waals surface area contributed by atoms with E-state index in [0.29, 0.717) is 38.2 Å². The van der Waals surface area contributed by atoms with Crippen LogP contribution in [0.4, 0.5) is 5.69 Å². The lowest BCUT2D eigenvalue weighted by Crippen LogP contribution is -2.30. The van der Waals surface area contributed by atoms with Crippen LogP contribution in [0.15, 0.2) is 29.4 Å². The van der Waals surface area contributed by atoms with Gasteiger partial charge in [0.05, 0.1) is 0 Å². The normalized spacial score (nSPS) is 17.0. The summed E-state index contributed by atoms with van der Waals surface area (Å²) in [5.74, 6) is 0.0666. The van der Waals surface area contributed by atoms with Crippen LogP contribution in [-0.2, 0) is 4.79 Å². The molecule has 0 spiro atoms. The van der Waals surface area contributed by atoms with E-state index in [1.54, 1.807) is 34.1 Å². The number of hydrogen-bond donors (Lipinski definition) is 0. The van der Waals surface area contributed by atoms with Gasteiger partial charge < -0.3 is 9.80 Å². The van der Waals surface area contributed by atoms with Gasteiger partial charge >= 0.3 is 0 Å². The smallest absolute Gasteiger partial charge is 0.253 e. The molecule has 1 unspecified atom stereocenters. The highest BCUT2D eigenvalue weighted by Crippen LogP contribution is 2.25. The van der Waals surface area contributed by atoms with Crippen LogP contribution in [-0.4, -0.2) is 42.9 Å². The first-order valence-corrected chi connectivity index (χ1v) is 7.81. The lowest BCUT2D eigenvalue weighted by atomic mass is 10.1. The molecule has 7 nitrogen and oxygen atoms in total. The molecule has 0 aromatic heterocycles. The Hall–Kier alpha value is -2.53. The Balaban J connectivity index is 2.09. The number of nitrogens with zero attached hydrogens (tertiary/aromatic N) is 5. The van der Waals surface area contributed by atoms with Gasteiger partial charge in [-0.15, -0.1) is 0 Å². The minimum Gasteiger partial charge on any atom is -0.339 e. The van der Waals surface area contributed by atoms with Crippen molar-refractivity contribution in [1.29, 1.82) is 0 Å². The van der Waals surface area contributed by atoms with Crippen molar-refractivity contribution in [3.63, 3.8) is 0 Å². The lowest BCUT2D eigenvalue weighted by Gasteiger charge is -2.20. The molecule has 1 fully saturated rings. The van der Waals surface area contributed by atoms with E-state index in [9.17, 15) is 9.59 Å². The molecule has 0 saturated carbocycles. The van der Waals surface area contributed by atoms with Crippen molar-refractivity contribution in [3.05, 3.63) is 40.3 Å². The first kappa shape index (κ1) is 16.8. The zero-order valence-corrected chi connectivity index (χ0v) is 13.5. The fourth-order valence-electron chi connectivity index (χ4n) is 2.78. The Morgan fingerprint density at radius 2 is 2.00 bits per heavy atom. The van der Waals surface area contributed by atoms with Gasteiger partial charge in [0.1, 0.15) is 0 Å². The fraction of sp³-hybridized carbons (Fsp3) is 0.500. The molecule has 0 N–H and O–H groups in total. The summed E-state index contributed by atoms with van der Waals surface area (Å²) >= 11 is 0. The average molecular weight is 315 g/mol. The Labute approximate surface area is 135 Å². The molecule has 1 atom stereocenters. The quantitative estimate of drug-likeness (QED) is 0.459. The summed E-state index contributed by atoms with van der Waals surface area (Å²) in [6, 6.07) is 7.10. The molecule has 0 bridgehead atoms. The van der Waals surface area contributed by atoms with Gasteiger partial charge in [0.25, 0.3) is 5.91 Å². The average Bonchev–Trinajstić information content (AvgIpc) is 2.95. The van der Waals surface area contributed by atoms with Gasteiger partial charge in [-0.25, -0.2) is 0 Å². The van der Waals surface area contributed by atoms with Crippen LogP contribution in [0.3, 0.4) is 0 Å². The Bertz CT molecular complexity index is 618. The summed E-state index contributed by atoms with van der Waals surface area (Å²) < 4.78 is 0. The molecular weight excluding hydrogens is 294 g/mol. The SMILES string of the molecule is CCN(CC)C(=O)c1ccc(N2CC(CN=[N+]=[N-])CC2=O)cc1. The van der Waals surface area contributed by atoms with Gasteiger partial charge in [0, 0.05) is 48.8 Å². The molecule has 1 aliphatic heterocycles. The summed E-state index contributed by atoms with van der Waals surface area (Å²) in [5.41, 5.74) is 9.76. The molecule has 2 amide bonds. The maximum absolute atomic E-state index is 12.3. The molecule has 1 heterocycles. The molecule has 2 rings (SSSR count). The van der Waals surface area contributed by atoms with Crippen LogP contribution in [0.1, 0.15) is 30.6 Å². The minimum absolute atomic E-state index is 0.00414. The molecule has 23 heavy (non-hydrogen) atoms. The number of azide groups is 1. The van der Waals surface area contributed by atoms with Gasteiger partial charge in [-0.3, -0.25) is 9.59 Å². The Morgan fingerprint density at radius 1 is 1.35 bits per heavy atom. The number of rotatable bonds is 6. The molecule has 0 aliphatic carbocycles. The predicted octanol–water partition coefficient (Wildman–Crippen LogP) is 2.83. The van der Waals surface area contributed by atoms with Crippen LogP contribution in [0.25, 0.3) is 10.4 Å². The molecular formula is C16H21N5O2. The second-order valence-electron chi connectivity index (χ2n) is 5.51. The van der Waals surface area contributed by atoms with E-state index in [2.05, 4.69) is 10.0 Å². The van der Waals surface area contributed by atoms with E-state index in [4.69, 9.17) is 5.53 Å².